The highest BCUT2D eigenvalue weighted by atomic mass is 19.3. The standard InChI is InChI=1S/C8H12F2N4O/c1-14-5-12-2-6(14)7(15)13-4-8(9,10)3-11/h2,5H,3-4,11H2,1H3,(H,13,15). The quantitative estimate of drug-likeness (QED) is 0.731. The molecule has 3 N–H and O–H groups in total. The first-order valence-electron chi connectivity index (χ1n) is 4.29. The molecule has 0 spiro atoms. The Morgan fingerprint density at radius 3 is 2.87 bits per heavy atom. The summed E-state index contributed by atoms with van der Waals surface area (Å²) in [5.74, 6) is -3.67. The molecule has 15 heavy (non-hydrogen) atoms. The number of rotatable bonds is 4. The third-order valence-corrected chi connectivity index (χ3v) is 1.86. The SMILES string of the molecule is Cn1cncc1C(=O)NCC(F)(F)CN. The van der Waals surface area contributed by atoms with Crippen molar-refractivity contribution in [1.82, 2.24) is 14.9 Å². The van der Waals surface area contributed by atoms with Crippen LogP contribution in [0, 0.1) is 0 Å². The molecule has 1 rings (SSSR count). The van der Waals surface area contributed by atoms with Crippen molar-refractivity contribution in [1.29, 1.82) is 0 Å². The monoisotopic (exact) mass is 218 g/mol. The molecule has 0 atom stereocenters. The zero-order chi connectivity index (χ0) is 11.5. The molecule has 0 saturated carbocycles. The van der Waals surface area contributed by atoms with Crippen molar-refractivity contribution in [3.8, 4) is 0 Å². The van der Waals surface area contributed by atoms with Crippen LogP contribution >= 0.6 is 0 Å². The molecule has 0 fully saturated rings. The molecule has 1 heterocycles. The molecule has 0 saturated heterocycles. The number of hydrogen-bond acceptors (Lipinski definition) is 3. The number of aromatic nitrogens is 2. The van der Waals surface area contributed by atoms with Crippen LogP contribution < -0.4 is 11.1 Å². The molecule has 0 aliphatic heterocycles. The minimum Gasteiger partial charge on any atom is -0.345 e. The number of halogens is 2. The van der Waals surface area contributed by atoms with Crippen LogP contribution in [0.2, 0.25) is 0 Å². The van der Waals surface area contributed by atoms with Gasteiger partial charge < -0.3 is 15.6 Å². The maximum Gasteiger partial charge on any atom is 0.277 e. The van der Waals surface area contributed by atoms with E-state index in [1.165, 1.54) is 17.1 Å². The first-order valence-corrected chi connectivity index (χ1v) is 4.29. The van der Waals surface area contributed by atoms with Crippen molar-refractivity contribution in [2.45, 2.75) is 5.92 Å². The number of hydrogen-bond donors (Lipinski definition) is 2. The van der Waals surface area contributed by atoms with Gasteiger partial charge in [-0.2, -0.15) is 0 Å². The van der Waals surface area contributed by atoms with E-state index in [1.807, 2.05) is 0 Å². The summed E-state index contributed by atoms with van der Waals surface area (Å²) in [5, 5.41) is 2.09. The first-order chi connectivity index (χ1) is 6.96. The molecule has 7 heteroatoms. The highest BCUT2D eigenvalue weighted by Crippen LogP contribution is 2.09. The van der Waals surface area contributed by atoms with Crippen LogP contribution in [-0.2, 0) is 7.05 Å². The van der Waals surface area contributed by atoms with E-state index in [0.717, 1.165) is 0 Å². The molecule has 0 bridgehead atoms. The zero-order valence-corrected chi connectivity index (χ0v) is 8.20. The van der Waals surface area contributed by atoms with Gasteiger partial charge >= 0.3 is 0 Å². The van der Waals surface area contributed by atoms with Gasteiger partial charge in [0, 0.05) is 7.05 Å². The number of carbonyl (C=O) groups is 1. The fourth-order valence-corrected chi connectivity index (χ4v) is 0.948. The lowest BCUT2D eigenvalue weighted by atomic mass is 10.3. The van der Waals surface area contributed by atoms with Crippen molar-refractivity contribution in [3.63, 3.8) is 0 Å². The number of imidazole rings is 1. The lowest BCUT2D eigenvalue weighted by Gasteiger charge is -2.14. The number of aryl methyl sites for hydroxylation is 1. The average Bonchev–Trinajstić information content (AvgIpc) is 2.61. The maximum absolute atomic E-state index is 12.7. The van der Waals surface area contributed by atoms with Crippen LogP contribution in [0.3, 0.4) is 0 Å². The molecule has 0 unspecified atom stereocenters. The number of nitrogens with one attached hydrogen (secondary N) is 1. The molecule has 5 nitrogen and oxygen atoms in total. The molecule has 0 radical (unpaired) electrons. The van der Waals surface area contributed by atoms with Crippen molar-refractivity contribution in [3.05, 3.63) is 18.2 Å². The summed E-state index contributed by atoms with van der Waals surface area (Å²) in [6.07, 6.45) is 2.71. The van der Waals surface area contributed by atoms with Gasteiger partial charge in [0.2, 0.25) is 0 Å². The number of alkyl halides is 2. The molecule has 1 aromatic rings. The predicted molar refractivity (Wildman–Crippen MR) is 49.5 cm³/mol. The van der Waals surface area contributed by atoms with Gasteiger partial charge in [-0.25, -0.2) is 13.8 Å². The number of carbonyl (C=O) groups excluding carboxylic acids is 1. The van der Waals surface area contributed by atoms with E-state index in [2.05, 4.69) is 10.3 Å². The van der Waals surface area contributed by atoms with E-state index >= 15 is 0 Å². The highest BCUT2D eigenvalue weighted by molar-refractivity contribution is 5.92. The van der Waals surface area contributed by atoms with E-state index in [-0.39, 0.29) is 5.69 Å². The Hall–Kier alpha value is -1.50. The smallest absolute Gasteiger partial charge is 0.277 e. The van der Waals surface area contributed by atoms with Crippen LogP contribution in [0.15, 0.2) is 12.5 Å². The van der Waals surface area contributed by atoms with Crippen LogP contribution in [0.25, 0.3) is 0 Å². The van der Waals surface area contributed by atoms with Gasteiger partial charge in [0.25, 0.3) is 11.8 Å². The van der Waals surface area contributed by atoms with Gasteiger partial charge in [0.1, 0.15) is 5.69 Å². The van der Waals surface area contributed by atoms with E-state index in [9.17, 15) is 13.6 Å². The summed E-state index contributed by atoms with van der Waals surface area (Å²) >= 11 is 0. The Kier molecular flexibility index (Phi) is 3.35. The molecule has 1 amide bonds. The van der Waals surface area contributed by atoms with E-state index < -0.39 is 24.9 Å². The Morgan fingerprint density at radius 1 is 1.73 bits per heavy atom. The molecule has 84 valence electrons. The Morgan fingerprint density at radius 2 is 2.40 bits per heavy atom. The van der Waals surface area contributed by atoms with Crippen molar-refractivity contribution < 1.29 is 13.6 Å². The van der Waals surface area contributed by atoms with Gasteiger partial charge in [-0.15, -0.1) is 0 Å². The summed E-state index contributed by atoms with van der Waals surface area (Å²) in [6, 6.07) is 0. The Bertz CT molecular complexity index is 350. The van der Waals surface area contributed by atoms with Crippen molar-refractivity contribution in [2.24, 2.45) is 12.8 Å². The summed E-state index contributed by atoms with van der Waals surface area (Å²) in [6.45, 7) is -1.56. The topological polar surface area (TPSA) is 72.9 Å². The van der Waals surface area contributed by atoms with Gasteiger partial charge in [0.15, 0.2) is 0 Å². The number of nitrogens with zero attached hydrogens (tertiary/aromatic N) is 2. The van der Waals surface area contributed by atoms with Crippen LogP contribution in [0.5, 0.6) is 0 Å². The number of nitrogens with two attached hydrogens (primary N) is 1. The lowest BCUT2D eigenvalue weighted by molar-refractivity contribution is 0.0117. The fraction of sp³-hybridized carbons (Fsp3) is 0.500. The molecule has 0 aliphatic rings. The summed E-state index contributed by atoms with van der Waals surface area (Å²) in [7, 11) is 1.60. The third-order valence-electron chi connectivity index (χ3n) is 1.86. The largest absolute Gasteiger partial charge is 0.345 e. The van der Waals surface area contributed by atoms with Crippen LogP contribution in [0.1, 0.15) is 10.5 Å². The van der Waals surface area contributed by atoms with Gasteiger partial charge in [-0.1, -0.05) is 0 Å². The average molecular weight is 218 g/mol. The van der Waals surface area contributed by atoms with Crippen LogP contribution in [0.4, 0.5) is 8.78 Å². The minimum atomic E-state index is -3.08. The molecular formula is C8H12F2N4O. The first kappa shape index (κ1) is 11.6. The fourth-order valence-electron chi connectivity index (χ4n) is 0.948. The molecule has 0 aliphatic carbocycles. The minimum absolute atomic E-state index is 0.225. The van der Waals surface area contributed by atoms with Crippen molar-refractivity contribution in [2.75, 3.05) is 13.1 Å². The maximum atomic E-state index is 12.7. The summed E-state index contributed by atoms with van der Waals surface area (Å²) < 4.78 is 26.8. The van der Waals surface area contributed by atoms with Gasteiger partial charge in [-0.05, 0) is 0 Å². The second-order valence-corrected chi connectivity index (χ2v) is 3.13. The zero-order valence-electron chi connectivity index (χ0n) is 8.20. The highest BCUT2D eigenvalue weighted by Gasteiger charge is 2.27. The normalized spacial score (nSPS) is 11.5. The molecular weight excluding hydrogens is 206 g/mol. The second kappa shape index (κ2) is 4.35. The third kappa shape index (κ3) is 2.98. The summed E-state index contributed by atoms with van der Waals surface area (Å²) in [4.78, 5) is 15.0. The molecule has 0 aromatic carbocycles. The number of amides is 1. The Labute approximate surface area is 85.3 Å². The summed E-state index contributed by atoms with van der Waals surface area (Å²) in [5.41, 5.74) is 5.05. The van der Waals surface area contributed by atoms with E-state index in [1.54, 1.807) is 7.05 Å². The second-order valence-electron chi connectivity index (χ2n) is 3.13. The molecule has 1 aromatic heterocycles. The predicted octanol–water partition coefficient (Wildman–Crippen LogP) is -0.256. The van der Waals surface area contributed by atoms with E-state index in [4.69, 9.17) is 5.73 Å². The lowest BCUT2D eigenvalue weighted by Crippen LogP contribution is -2.41. The van der Waals surface area contributed by atoms with Gasteiger partial charge in [-0.3, -0.25) is 4.79 Å². The van der Waals surface area contributed by atoms with Crippen molar-refractivity contribution >= 4 is 5.91 Å². The van der Waals surface area contributed by atoms with E-state index in [0.29, 0.717) is 0 Å². The van der Waals surface area contributed by atoms with Gasteiger partial charge in [0.05, 0.1) is 25.6 Å². The Balaban J connectivity index is 2.55. The van der Waals surface area contributed by atoms with Crippen LogP contribution in [-0.4, -0.2) is 34.5 Å².